The van der Waals surface area contributed by atoms with Gasteiger partial charge in [0.05, 0.1) is 11.0 Å². The summed E-state index contributed by atoms with van der Waals surface area (Å²) >= 11 is 0. The van der Waals surface area contributed by atoms with Crippen LogP contribution in [-0.4, -0.2) is 21.0 Å². The van der Waals surface area contributed by atoms with Crippen molar-refractivity contribution in [1.29, 1.82) is 0 Å². The van der Waals surface area contributed by atoms with E-state index in [4.69, 9.17) is 10.5 Å². The van der Waals surface area contributed by atoms with Crippen LogP contribution in [0.3, 0.4) is 0 Å². The molecular weight excluding hydrogens is 248 g/mol. The van der Waals surface area contributed by atoms with Gasteiger partial charge in [-0.1, -0.05) is 26.2 Å². The lowest BCUT2D eigenvalue weighted by Crippen LogP contribution is -2.14. The predicted molar refractivity (Wildman–Crippen MR) is 71.9 cm³/mol. The molecule has 1 aromatic rings. The number of hydrogen-bond donors (Lipinski definition) is 1. The minimum absolute atomic E-state index is 0.0289. The highest BCUT2D eigenvalue weighted by Gasteiger charge is 2.20. The van der Waals surface area contributed by atoms with Gasteiger partial charge in [-0.2, -0.15) is 4.98 Å². The molecule has 0 saturated carbocycles. The molecule has 0 bridgehead atoms. The standard InChI is InChI=1S/C12H20N4O3/c1-3-4-5-6-7-9(2)19-11-10(16(17)18)8-14-12(13)15-11/h8-9H,3-7H2,1-2H3,(H2,13,14,15). The first kappa shape index (κ1) is 15.1. The molecule has 7 heteroatoms. The van der Waals surface area contributed by atoms with Crippen molar-refractivity contribution in [3.8, 4) is 5.88 Å². The number of hydrogen-bond acceptors (Lipinski definition) is 6. The zero-order chi connectivity index (χ0) is 14.3. The van der Waals surface area contributed by atoms with Crippen molar-refractivity contribution < 1.29 is 9.66 Å². The van der Waals surface area contributed by atoms with Gasteiger partial charge in [0.2, 0.25) is 5.95 Å². The summed E-state index contributed by atoms with van der Waals surface area (Å²) in [4.78, 5) is 17.6. The lowest BCUT2D eigenvalue weighted by atomic mass is 10.1. The van der Waals surface area contributed by atoms with Gasteiger partial charge < -0.3 is 10.5 Å². The number of nitrogens with two attached hydrogens (primary N) is 1. The van der Waals surface area contributed by atoms with Crippen molar-refractivity contribution in [2.45, 2.75) is 52.1 Å². The Morgan fingerprint density at radius 2 is 2.21 bits per heavy atom. The molecule has 7 nitrogen and oxygen atoms in total. The van der Waals surface area contributed by atoms with Crippen LogP contribution in [0.4, 0.5) is 11.6 Å². The third-order valence-electron chi connectivity index (χ3n) is 2.73. The highest BCUT2D eigenvalue weighted by molar-refractivity contribution is 5.41. The van der Waals surface area contributed by atoms with E-state index in [2.05, 4.69) is 16.9 Å². The quantitative estimate of drug-likeness (QED) is 0.441. The molecule has 0 fully saturated rings. The molecule has 1 aromatic heterocycles. The molecule has 1 heterocycles. The Balaban J connectivity index is 2.60. The molecule has 0 spiro atoms. The van der Waals surface area contributed by atoms with Gasteiger partial charge in [-0.05, 0) is 19.8 Å². The number of nitrogens with zero attached hydrogens (tertiary/aromatic N) is 3. The third-order valence-corrected chi connectivity index (χ3v) is 2.73. The summed E-state index contributed by atoms with van der Waals surface area (Å²) in [6.07, 6.45) is 6.30. The topological polar surface area (TPSA) is 104 Å². The molecular formula is C12H20N4O3. The summed E-state index contributed by atoms with van der Waals surface area (Å²) in [6, 6.07) is 0. The molecule has 0 amide bonds. The number of nitrogen functional groups attached to an aromatic ring is 1. The maximum absolute atomic E-state index is 10.8. The normalized spacial score (nSPS) is 12.1. The molecule has 2 N–H and O–H groups in total. The maximum atomic E-state index is 10.8. The predicted octanol–water partition coefficient (Wildman–Crippen LogP) is 2.70. The van der Waals surface area contributed by atoms with Crippen LogP contribution >= 0.6 is 0 Å². The van der Waals surface area contributed by atoms with Crippen LogP contribution in [0.5, 0.6) is 5.88 Å². The van der Waals surface area contributed by atoms with Crippen LogP contribution in [0.2, 0.25) is 0 Å². The lowest BCUT2D eigenvalue weighted by Gasteiger charge is -2.13. The Kier molecular flexibility index (Phi) is 5.98. The van der Waals surface area contributed by atoms with E-state index in [0.717, 1.165) is 25.5 Å². The number of unbranched alkanes of at least 4 members (excludes halogenated alkanes) is 3. The fourth-order valence-corrected chi connectivity index (χ4v) is 1.69. The van der Waals surface area contributed by atoms with Crippen molar-refractivity contribution in [1.82, 2.24) is 9.97 Å². The molecule has 19 heavy (non-hydrogen) atoms. The van der Waals surface area contributed by atoms with Gasteiger partial charge in [0.15, 0.2) is 0 Å². The molecule has 0 aliphatic heterocycles. The Morgan fingerprint density at radius 3 is 2.84 bits per heavy atom. The van der Waals surface area contributed by atoms with Gasteiger partial charge in [0.25, 0.3) is 5.88 Å². The molecule has 1 unspecified atom stereocenters. The van der Waals surface area contributed by atoms with Crippen molar-refractivity contribution >= 4 is 11.6 Å². The third kappa shape index (κ3) is 5.07. The fourth-order valence-electron chi connectivity index (χ4n) is 1.69. The molecule has 1 rings (SSSR count). The summed E-state index contributed by atoms with van der Waals surface area (Å²) in [7, 11) is 0. The van der Waals surface area contributed by atoms with E-state index in [1.165, 1.54) is 12.8 Å². The maximum Gasteiger partial charge on any atom is 0.349 e. The van der Waals surface area contributed by atoms with Crippen LogP contribution in [0.15, 0.2) is 6.20 Å². The Labute approximate surface area is 112 Å². The van der Waals surface area contributed by atoms with Crippen LogP contribution in [0.1, 0.15) is 46.0 Å². The smallest absolute Gasteiger partial charge is 0.349 e. The molecule has 0 radical (unpaired) electrons. The monoisotopic (exact) mass is 268 g/mol. The fraction of sp³-hybridized carbons (Fsp3) is 0.667. The van der Waals surface area contributed by atoms with E-state index in [9.17, 15) is 10.1 Å². The number of ether oxygens (including phenoxy) is 1. The molecule has 0 saturated heterocycles. The Bertz CT molecular complexity index is 425. The summed E-state index contributed by atoms with van der Waals surface area (Å²) in [6.45, 7) is 4.01. The highest BCUT2D eigenvalue weighted by Crippen LogP contribution is 2.25. The number of nitro groups is 1. The first-order valence-corrected chi connectivity index (χ1v) is 6.48. The van der Waals surface area contributed by atoms with Gasteiger partial charge in [-0.15, -0.1) is 0 Å². The van der Waals surface area contributed by atoms with Crippen molar-refractivity contribution in [2.24, 2.45) is 0 Å². The molecule has 0 aliphatic rings. The van der Waals surface area contributed by atoms with E-state index >= 15 is 0 Å². The minimum Gasteiger partial charge on any atom is -0.470 e. The summed E-state index contributed by atoms with van der Waals surface area (Å²) < 4.78 is 5.50. The number of anilines is 1. The Hall–Kier alpha value is -1.92. The lowest BCUT2D eigenvalue weighted by molar-refractivity contribution is -0.386. The second-order valence-electron chi connectivity index (χ2n) is 4.45. The minimum atomic E-state index is -0.571. The van der Waals surface area contributed by atoms with Gasteiger partial charge in [0, 0.05) is 0 Å². The van der Waals surface area contributed by atoms with Crippen LogP contribution in [0, 0.1) is 10.1 Å². The van der Waals surface area contributed by atoms with Gasteiger partial charge in [-0.25, -0.2) is 4.98 Å². The van der Waals surface area contributed by atoms with Crippen molar-refractivity contribution in [2.75, 3.05) is 5.73 Å². The summed E-state index contributed by atoms with van der Waals surface area (Å²) in [5, 5.41) is 10.8. The summed E-state index contributed by atoms with van der Waals surface area (Å²) in [5.74, 6) is -0.0840. The van der Waals surface area contributed by atoms with Crippen LogP contribution in [-0.2, 0) is 0 Å². The second-order valence-corrected chi connectivity index (χ2v) is 4.45. The molecule has 1 atom stereocenters. The summed E-state index contributed by atoms with van der Waals surface area (Å²) in [5.41, 5.74) is 5.16. The van der Waals surface area contributed by atoms with E-state index in [1.54, 1.807) is 0 Å². The van der Waals surface area contributed by atoms with Crippen molar-refractivity contribution in [3.63, 3.8) is 0 Å². The van der Waals surface area contributed by atoms with E-state index in [1.807, 2.05) is 6.92 Å². The number of rotatable bonds is 8. The zero-order valence-corrected chi connectivity index (χ0v) is 11.3. The van der Waals surface area contributed by atoms with E-state index < -0.39 is 4.92 Å². The largest absolute Gasteiger partial charge is 0.470 e. The average Bonchev–Trinajstić information content (AvgIpc) is 2.34. The van der Waals surface area contributed by atoms with Gasteiger partial charge >= 0.3 is 5.69 Å². The van der Waals surface area contributed by atoms with E-state index in [-0.39, 0.29) is 23.6 Å². The second kappa shape index (κ2) is 7.50. The SMILES string of the molecule is CCCCCCC(C)Oc1nc(N)ncc1[N+](=O)[O-]. The van der Waals surface area contributed by atoms with Crippen LogP contribution in [0.25, 0.3) is 0 Å². The van der Waals surface area contributed by atoms with Crippen LogP contribution < -0.4 is 10.5 Å². The number of aromatic nitrogens is 2. The highest BCUT2D eigenvalue weighted by atomic mass is 16.6. The zero-order valence-electron chi connectivity index (χ0n) is 11.3. The molecule has 106 valence electrons. The molecule has 0 aliphatic carbocycles. The Morgan fingerprint density at radius 1 is 1.47 bits per heavy atom. The van der Waals surface area contributed by atoms with Gasteiger partial charge in [-0.3, -0.25) is 10.1 Å². The first-order chi connectivity index (χ1) is 9.04. The van der Waals surface area contributed by atoms with Crippen molar-refractivity contribution in [3.05, 3.63) is 16.3 Å². The first-order valence-electron chi connectivity index (χ1n) is 6.48. The van der Waals surface area contributed by atoms with E-state index in [0.29, 0.717) is 0 Å². The average molecular weight is 268 g/mol. The van der Waals surface area contributed by atoms with Gasteiger partial charge in [0.1, 0.15) is 6.20 Å². The molecule has 0 aromatic carbocycles.